The number of ether oxygens (including phenoxy) is 3. The predicted octanol–water partition coefficient (Wildman–Crippen LogP) is 1.69. The number of benzene rings is 1. The molecule has 0 N–H and O–H groups in total. The maximum Gasteiger partial charge on any atom is 0.162 e. The lowest BCUT2D eigenvalue weighted by Crippen LogP contribution is -2.19. The Labute approximate surface area is 144 Å². The van der Waals surface area contributed by atoms with Crippen molar-refractivity contribution in [2.75, 3.05) is 26.9 Å². The van der Waals surface area contributed by atoms with Gasteiger partial charge in [-0.05, 0) is 24.3 Å². The third-order valence-corrected chi connectivity index (χ3v) is 4.19. The molecule has 0 amide bonds. The summed E-state index contributed by atoms with van der Waals surface area (Å²) in [6, 6.07) is 7.64. The summed E-state index contributed by atoms with van der Waals surface area (Å²) in [4.78, 5) is 0. The normalized spacial score (nSPS) is 14.5. The van der Waals surface area contributed by atoms with Crippen molar-refractivity contribution in [1.82, 2.24) is 24.8 Å². The maximum atomic E-state index is 5.64. The van der Waals surface area contributed by atoms with Crippen molar-refractivity contribution >= 4 is 0 Å². The van der Waals surface area contributed by atoms with Crippen LogP contribution in [0.5, 0.6) is 11.5 Å². The molecule has 4 rings (SSSR count). The third kappa shape index (κ3) is 2.96. The second-order valence-corrected chi connectivity index (χ2v) is 5.79. The van der Waals surface area contributed by atoms with Gasteiger partial charge in [0.1, 0.15) is 24.9 Å². The zero-order valence-corrected chi connectivity index (χ0v) is 14.1. The standard InChI is InChI=1S/C17H19N5O3/c1-21-14(5-6-18-21)15(11-23-2)22-10-13(19-20-22)12-3-4-16-17(9-12)25-8-7-24-16/h3-6,9-10,15H,7-8,11H2,1-2H3/t15-/m0/s1. The summed E-state index contributed by atoms with van der Waals surface area (Å²) < 4.78 is 20.2. The molecule has 0 radical (unpaired) electrons. The minimum atomic E-state index is -0.101. The first-order valence-corrected chi connectivity index (χ1v) is 8.05. The first-order chi connectivity index (χ1) is 12.3. The zero-order valence-electron chi connectivity index (χ0n) is 14.1. The van der Waals surface area contributed by atoms with Crippen LogP contribution >= 0.6 is 0 Å². The van der Waals surface area contributed by atoms with Crippen LogP contribution in [0.1, 0.15) is 11.7 Å². The number of hydrogen-bond acceptors (Lipinski definition) is 6. The van der Waals surface area contributed by atoms with E-state index < -0.39 is 0 Å². The van der Waals surface area contributed by atoms with E-state index in [1.165, 1.54) is 0 Å². The van der Waals surface area contributed by atoms with Crippen LogP contribution in [0, 0.1) is 0 Å². The van der Waals surface area contributed by atoms with Crippen LogP contribution in [0.25, 0.3) is 11.3 Å². The molecular formula is C17H19N5O3. The topological polar surface area (TPSA) is 76.2 Å². The summed E-state index contributed by atoms with van der Waals surface area (Å²) in [6.45, 7) is 1.61. The van der Waals surface area contributed by atoms with Crippen LogP contribution in [-0.4, -0.2) is 51.7 Å². The average Bonchev–Trinajstić information content (AvgIpc) is 3.29. The maximum absolute atomic E-state index is 5.64. The number of hydrogen-bond donors (Lipinski definition) is 0. The molecule has 0 aliphatic carbocycles. The smallest absolute Gasteiger partial charge is 0.162 e. The van der Waals surface area contributed by atoms with Crippen LogP contribution in [0.3, 0.4) is 0 Å². The van der Waals surface area contributed by atoms with E-state index in [4.69, 9.17) is 14.2 Å². The van der Waals surface area contributed by atoms with E-state index in [1.54, 1.807) is 18.0 Å². The fourth-order valence-electron chi connectivity index (χ4n) is 2.93. The Hall–Kier alpha value is -2.87. The van der Waals surface area contributed by atoms with Gasteiger partial charge in [0, 0.05) is 25.9 Å². The summed E-state index contributed by atoms with van der Waals surface area (Å²) in [5.41, 5.74) is 2.69. The summed E-state index contributed by atoms with van der Waals surface area (Å²) in [5.74, 6) is 1.49. The molecule has 0 spiro atoms. The van der Waals surface area contributed by atoms with Gasteiger partial charge in [0.05, 0.1) is 18.5 Å². The van der Waals surface area contributed by atoms with Gasteiger partial charge in [-0.25, -0.2) is 4.68 Å². The molecule has 8 heteroatoms. The van der Waals surface area contributed by atoms with Crippen LogP contribution < -0.4 is 9.47 Å². The Morgan fingerprint density at radius 2 is 2.04 bits per heavy atom. The number of fused-ring (bicyclic) bond motifs is 1. The van der Waals surface area contributed by atoms with Gasteiger partial charge in [-0.3, -0.25) is 4.68 Å². The Morgan fingerprint density at radius 1 is 1.20 bits per heavy atom. The molecule has 130 valence electrons. The molecule has 0 bridgehead atoms. The number of aromatic nitrogens is 5. The Morgan fingerprint density at radius 3 is 2.80 bits per heavy atom. The molecule has 3 aromatic rings. The molecule has 25 heavy (non-hydrogen) atoms. The van der Waals surface area contributed by atoms with Crippen LogP contribution in [0.15, 0.2) is 36.7 Å². The van der Waals surface area contributed by atoms with Crippen molar-refractivity contribution in [2.45, 2.75) is 6.04 Å². The van der Waals surface area contributed by atoms with E-state index in [0.717, 1.165) is 28.5 Å². The first kappa shape index (κ1) is 15.6. The van der Waals surface area contributed by atoms with Gasteiger partial charge in [0.25, 0.3) is 0 Å². The van der Waals surface area contributed by atoms with Crippen LogP contribution in [0.4, 0.5) is 0 Å². The molecule has 3 heterocycles. The van der Waals surface area contributed by atoms with Gasteiger partial charge in [-0.1, -0.05) is 5.21 Å². The van der Waals surface area contributed by atoms with Crippen LogP contribution in [0.2, 0.25) is 0 Å². The highest BCUT2D eigenvalue weighted by atomic mass is 16.6. The highest BCUT2D eigenvalue weighted by molar-refractivity contribution is 5.63. The van der Waals surface area contributed by atoms with E-state index in [9.17, 15) is 0 Å². The average molecular weight is 341 g/mol. The van der Waals surface area contributed by atoms with E-state index in [0.29, 0.717) is 19.8 Å². The Kier molecular flexibility index (Phi) is 4.10. The molecule has 1 aliphatic heterocycles. The monoisotopic (exact) mass is 341 g/mol. The number of nitrogens with zero attached hydrogens (tertiary/aromatic N) is 5. The molecule has 8 nitrogen and oxygen atoms in total. The van der Waals surface area contributed by atoms with E-state index in [-0.39, 0.29) is 6.04 Å². The van der Waals surface area contributed by atoms with E-state index in [1.807, 2.05) is 42.2 Å². The highest BCUT2D eigenvalue weighted by Gasteiger charge is 2.20. The Bertz CT molecular complexity index is 873. The van der Waals surface area contributed by atoms with E-state index >= 15 is 0 Å². The van der Waals surface area contributed by atoms with Crippen LogP contribution in [-0.2, 0) is 11.8 Å². The molecule has 2 aromatic heterocycles. The van der Waals surface area contributed by atoms with Gasteiger partial charge in [0.15, 0.2) is 11.5 Å². The minimum absolute atomic E-state index is 0.101. The quantitative estimate of drug-likeness (QED) is 0.703. The van der Waals surface area contributed by atoms with Gasteiger partial charge in [0.2, 0.25) is 0 Å². The molecule has 0 unspecified atom stereocenters. The van der Waals surface area contributed by atoms with Gasteiger partial charge in [-0.15, -0.1) is 5.10 Å². The van der Waals surface area contributed by atoms with E-state index in [2.05, 4.69) is 15.4 Å². The highest BCUT2D eigenvalue weighted by Crippen LogP contribution is 2.34. The lowest BCUT2D eigenvalue weighted by atomic mass is 10.1. The van der Waals surface area contributed by atoms with Crippen molar-refractivity contribution < 1.29 is 14.2 Å². The molecule has 1 aromatic carbocycles. The molecule has 1 atom stereocenters. The molecule has 0 saturated carbocycles. The van der Waals surface area contributed by atoms with Crippen molar-refractivity contribution in [3.8, 4) is 22.8 Å². The molecule has 0 saturated heterocycles. The lowest BCUT2D eigenvalue weighted by molar-refractivity contribution is 0.160. The molecule has 0 fully saturated rings. The Balaban J connectivity index is 1.66. The fourth-order valence-corrected chi connectivity index (χ4v) is 2.93. The van der Waals surface area contributed by atoms with Crippen molar-refractivity contribution in [3.63, 3.8) is 0 Å². The number of methoxy groups -OCH3 is 1. The zero-order chi connectivity index (χ0) is 17.2. The van der Waals surface area contributed by atoms with Crippen molar-refractivity contribution in [3.05, 3.63) is 42.4 Å². The SMILES string of the molecule is COC[C@@H](c1ccnn1C)n1cc(-c2ccc3c(c2)OCCO3)nn1. The van der Waals surface area contributed by atoms with Gasteiger partial charge in [-0.2, -0.15) is 5.10 Å². The molecular weight excluding hydrogens is 322 g/mol. The first-order valence-electron chi connectivity index (χ1n) is 8.05. The third-order valence-electron chi connectivity index (χ3n) is 4.19. The second-order valence-electron chi connectivity index (χ2n) is 5.79. The molecule has 1 aliphatic rings. The number of rotatable bonds is 5. The summed E-state index contributed by atoms with van der Waals surface area (Å²) in [5, 5.41) is 12.8. The lowest BCUT2D eigenvalue weighted by Gasteiger charge is -2.18. The largest absolute Gasteiger partial charge is 0.486 e. The summed E-state index contributed by atoms with van der Waals surface area (Å²) >= 11 is 0. The minimum Gasteiger partial charge on any atom is -0.486 e. The summed E-state index contributed by atoms with van der Waals surface area (Å²) in [6.07, 6.45) is 3.67. The van der Waals surface area contributed by atoms with Gasteiger partial charge >= 0.3 is 0 Å². The summed E-state index contributed by atoms with van der Waals surface area (Å²) in [7, 11) is 3.57. The number of aryl methyl sites for hydroxylation is 1. The van der Waals surface area contributed by atoms with Crippen molar-refractivity contribution in [1.29, 1.82) is 0 Å². The second kappa shape index (κ2) is 6.56. The van der Waals surface area contributed by atoms with Gasteiger partial charge < -0.3 is 14.2 Å². The van der Waals surface area contributed by atoms with Crippen molar-refractivity contribution in [2.24, 2.45) is 7.05 Å². The predicted molar refractivity (Wildman–Crippen MR) is 89.7 cm³/mol. The fraction of sp³-hybridized carbons (Fsp3) is 0.353.